The smallest absolute Gasteiger partial charge is 0.321 e. The number of hydrogen-bond acceptors (Lipinski definition) is 3. The summed E-state index contributed by atoms with van der Waals surface area (Å²) < 4.78 is 0. The minimum absolute atomic E-state index is 0.0529. The van der Waals surface area contributed by atoms with E-state index in [0.717, 1.165) is 36.3 Å². The predicted molar refractivity (Wildman–Crippen MR) is 112 cm³/mol. The van der Waals surface area contributed by atoms with Crippen molar-refractivity contribution in [2.24, 2.45) is 5.41 Å². The van der Waals surface area contributed by atoms with E-state index >= 15 is 0 Å². The molecule has 0 bridgehead atoms. The van der Waals surface area contributed by atoms with Crippen molar-refractivity contribution in [2.75, 3.05) is 31.3 Å². The van der Waals surface area contributed by atoms with E-state index in [1.54, 1.807) is 11.8 Å². The molecule has 1 aliphatic heterocycles. The number of amides is 2. The van der Waals surface area contributed by atoms with Gasteiger partial charge >= 0.3 is 6.03 Å². The number of likely N-dealkylation sites (tertiary alicyclic amines) is 1. The Morgan fingerprint density at radius 3 is 2.56 bits per heavy atom. The molecule has 27 heavy (non-hydrogen) atoms. The molecule has 0 radical (unpaired) electrons. The van der Waals surface area contributed by atoms with Crippen molar-refractivity contribution in [2.45, 2.75) is 30.6 Å². The van der Waals surface area contributed by atoms with Gasteiger partial charge in [-0.15, -0.1) is 11.8 Å². The Morgan fingerprint density at radius 1 is 1.15 bits per heavy atom. The predicted octanol–water partition coefficient (Wildman–Crippen LogP) is 4.65. The second-order valence-corrected chi connectivity index (χ2v) is 8.17. The highest BCUT2D eigenvalue weighted by atomic mass is 32.2. The summed E-state index contributed by atoms with van der Waals surface area (Å²) in [5.74, 6) is 0. The zero-order chi connectivity index (χ0) is 19.1. The van der Waals surface area contributed by atoms with Crippen LogP contribution in [0.2, 0.25) is 0 Å². The van der Waals surface area contributed by atoms with Crippen LogP contribution in [-0.2, 0) is 6.42 Å². The van der Waals surface area contributed by atoms with Crippen molar-refractivity contribution in [3.05, 3.63) is 60.2 Å². The Bertz CT molecular complexity index is 743. The third-order valence-corrected chi connectivity index (χ3v) is 6.28. The van der Waals surface area contributed by atoms with Gasteiger partial charge in [0.1, 0.15) is 0 Å². The van der Waals surface area contributed by atoms with Crippen LogP contribution in [-0.4, -0.2) is 42.0 Å². The quantitative estimate of drug-likeness (QED) is 0.713. The Hall–Kier alpha value is -1.98. The summed E-state index contributed by atoms with van der Waals surface area (Å²) in [4.78, 5) is 15.6. The van der Waals surface area contributed by atoms with Crippen LogP contribution in [0.15, 0.2) is 59.5 Å². The molecule has 3 rings (SSSR count). The molecule has 1 fully saturated rings. The molecule has 0 aliphatic carbocycles. The molecule has 2 aromatic rings. The van der Waals surface area contributed by atoms with Gasteiger partial charge in [-0.05, 0) is 61.1 Å². The van der Waals surface area contributed by atoms with E-state index in [1.807, 2.05) is 41.5 Å². The average molecular weight is 385 g/mol. The van der Waals surface area contributed by atoms with Crippen LogP contribution in [0.4, 0.5) is 10.5 Å². The molecule has 1 aliphatic rings. The number of urea groups is 1. The summed E-state index contributed by atoms with van der Waals surface area (Å²) in [5, 5.41) is 13.0. The fourth-order valence-corrected chi connectivity index (χ4v) is 4.09. The second-order valence-electron chi connectivity index (χ2n) is 7.29. The highest BCUT2D eigenvalue weighted by molar-refractivity contribution is 7.98. The first-order chi connectivity index (χ1) is 13.1. The van der Waals surface area contributed by atoms with E-state index in [2.05, 4.69) is 29.6 Å². The number of anilines is 1. The molecule has 0 atom stereocenters. The number of nitrogens with one attached hydrogen (secondary N) is 1. The van der Waals surface area contributed by atoms with Crippen LogP contribution >= 0.6 is 11.8 Å². The fraction of sp³-hybridized carbons (Fsp3) is 0.409. The lowest BCUT2D eigenvalue weighted by atomic mass is 9.75. The molecule has 1 saturated heterocycles. The number of thioether (sulfide) groups is 1. The topological polar surface area (TPSA) is 52.6 Å². The number of carbonyl (C=O) groups excluding carboxylic acids is 1. The Labute approximate surface area is 166 Å². The van der Waals surface area contributed by atoms with Gasteiger partial charge in [-0.2, -0.15) is 0 Å². The van der Waals surface area contributed by atoms with Crippen LogP contribution in [0, 0.1) is 5.41 Å². The molecule has 144 valence electrons. The largest absolute Gasteiger partial charge is 0.396 e. The molecule has 0 unspecified atom stereocenters. The number of aryl methyl sites for hydroxylation is 1. The molecule has 2 aromatic carbocycles. The monoisotopic (exact) mass is 384 g/mol. The maximum Gasteiger partial charge on any atom is 0.321 e. The van der Waals surface area contributed by atoms with Crippen LogP contribution in [0.5, 0.6) is 0 Å². The van der Waals surface area contributed by atoms with Crippen LogP contribution < -0.4 is 5.32 Å². The Balaban J connectivity index is 1.53. The molecule has 4 nitrogen and oxygen atoms in total. The Morgan fingerprint density at radius 2 is 1.89 bits per heavy atom. The minimum atomic E-state index is -0.0780. The van der Waals surface area contributed by atoms with Gasteiger partial charge in [-0.1, -0.05) is 36.4 Å². The van der Waals surface area contributed by atoms with Crippen molar-refractivity contribution in [1.82, 2.24) is 4.90 Å². The highest BCUT2D eigenvalue weighted by Crippen LogP contribution is 2.36. The summed E-state index contributed by atoms with van der Waals surface area (Å²) in [6.45, 7) is 1.55. The number of piperidine rings is 1. The van der Waals surface area contributed by atoms with Gasteiger partial charge in [0.25, 0.3) is 0 Å². The molecule has 0 aromatic heterocycles. The molecule has 5 heteroatoms. The first-order valence-electron chi connectivity index (χ1n) is 9.49. The number of aliphatic hydroxyl groups excluding tert-OH is 1. The summed E-state index contributed by atoms with van der Waals surface area (Å²) in [7, 11) is 0. The third-order valence-electron chi connectivity index (χ3n) is 5.55. The van der Waals surface area contributed by atoms with Crippen molar-refractivity contribution in [3.63, 3.8) is 0 Å². The van der Waals surface area contributed by atoms with E-state index in [0.29, 0.717) is 13.1 Å². The fourth-order valence-electron chi connectivity index (χ4n) is 3.63. The number of benzene rings is 2. The maximum absolute atomic E-state index is 12.6. The second kappa shape index (κ2) is 9.29. The van der Waals surface area contributed by atoms with Crippen molar-refractivity contribution in [1.29, 1.82) is 0 Å². The summed E-state index contributed by atoms with van der Waals surface area (Å²) in [5.41, 5.74) is 2.06. The Kier molecular flexibility index (Phi) is 6.80. The number of aliphatic hydroxyl groups is 1. The molecule has 2 amide bonds. The van der Waals surface area contributed by atoms with E-state index < -0.39 is 0 Å². The maximum atomic E-state index is 12.6. The first-order valence-corrected chi connectivity index (χ1v) is 10.7. The minimum Gasteiger partial charge on any atom is -0.396 e. The zero-order valence-corrected chi connectivity index (χ0v) is 16.7. The van der Waals surface area contributed by atoms with Crippen LogP contribution in [0.25, 0.3) is 0 Å². The van der Waals surface area contributed by atoms with Crippen molar-refractivity contribution >= 4 is 23.5 Å². The molecular weight excluding hydrogens is 356 g/mol. The van der Waals surface area contributed by atoms with Gasteiger partial charge in [0, 0.05) is 30.3 Å². The lowest BCUT2D eigenvalue weighted by Gasteiger charge is -2.40. The van der Waals surface area contributed by atoms with E-state index in [1.165, 1.54) is 5.56 Å². The van der Waals surface area contributed by atoms with Gasteiger partial charge < -0.3 is 15.3 Å². The van der Waals surface area contributed by atoms with Crippen molar-refractivity contribution < 1.29 is 9.90 Å². The van der Waals surface area contributed by atoms with Gasteiger partial charge in [0.2, 0.25) is 0 Å². The average Bonchev–Trinajstić information content (AvgIpc) is 2.73. The standard InChI is InChI=1S/C22H28N2O2S/c1-27-20-9-5-8-19(16-20)23-21(26)24-14-12-22(17-25,13-15-24)11-10-18-6-3-2-4-7-18/h2-9,16,25H,10-15,17H2,1H3,(H,23,26). The van der Waals surface area contributed by atoms with Gasteiger partial charge in [-0.25, -0.2) is 4.79 Å². The lowest BCUT2D eigenvalue weighted by molar-refractivity contribution is 0.0503. The molecular formula is C22H28N2O2S. The van der Waals surface area contributed by atoms with Crippen LogP contribution in [0.1, 0.15) is 24.8 Å². The van der Waals surface area contributed by atoms with Gasteiger partial charge in [0.15, 0.2) is 0 Å². The zero-order valence-electron chi connectivity index (χ0n) is 15.9. The third kappa shape index (κ3) is 5.27. The SMILES string of the molecule is CSc1cccc(NC(=O)N2CCC(CO)(CCc3ccccc3)CC2)c1. The number of nitrogens with zero attached hydrogens (tertiary/aromatic N) is 1. The van der Waals surface area contributed by atoms with E-state index in [9.17, 15) is 9.90 Å². The summed E-state index contributed by atoms with van der Waals surface area (Å²) in [6.07, 6.45) is 5.63. The first kappa shape index (κ1) is 19.8. The van der Waals surface area contributed by atoms with E-state index in [4.69, 9.17) is 0 Å². The molecule has 1 heterocycles. The van der Waals surface area contributed by atoms with Gasteiger partial charge in [-0.3, -0.25) is 0 Å². The van der Waals surface area contributed by atoms with Gasteiger partial charge in [0.05, 0.1) is 0 Å². The van der Waals surface area contributed by atoms with E-state index in [-0.39, 0.29) is 18.1 Å². The van der Waals surface area contributed by atoms with Crippen molar-refractivity contribution in [3.8, 4) is 0 Å². The highest BCUT2D eigenvalue weighted by Gasteiger charge is 2.35. The van der Waals surface area contributed by atoms with Crippen LogP contribution in [0.3, 0.4) is 0 Å². The normalized spacial score (nSPS) is 16.1. The summed E-state index contributed by atoms with van der Waals surface area (Å²) in [6, 6.07) is 18.2. The number of carbonyl (C=O) groups is 1. The lowest BCUT2D eigenvalue weighted by Crippen LogP contribution is -2.46. The number of hydrogen-bond donors (Lipinski definition) is 2. The number of rotatable bonds is 6. The summed E-state index contributed by atoms with van der Waals surface area (Å²) >= 11 is 1.66. The molecule has 2 N–H and O–H groups in total. The molecule has 0 saturated carbocycles. The molecule has 0 spiro atoms.